The number of amides is 1. The van der Waals surface area contributed by atoms with Gasteiger partial charge in [0.15, 0.2) is 0 Å². The first-order chi connectivity index (χ1) is 14.8. The topological polar surface area (TPSA) is 41.1 Å². The Bertz CT molecular complexity index is 945. The summed E-state index contributed by atoms with van der Waals surface area (Å²) in [5.74, 6) is 6.70. The van der Waals surface area contributed by atoms with Gasteiger partial charge in [-0.05, 0) is 23.6 Å². The molecule has 1 saturated heterocycles. The molecule has 1 aliphatic heterocycles. The van der Waals surface area contributed by atoms with E-state index in [-0.39, 0.29) is 17.3 Å². The summed E-state index contributed by atoms with van der Waals surface area (Å²) in [7, 11) is 0. The van der Waals surface area contributed by atoms with E-state index < -0.39 is 5.54 Å². The normalized spacial score (nSPS) is 18.0. The predicted molar refractivity (Wildman–Crippen MR) is 124 cm³/mol. The molecule has 3 aromatic rings. The number of thioether (sulfide) groups is 1. The standard InChI is InChI=1S/C26H24N2OS/c1-2-3-19-30-25-23(24(29)27-25)28-26(20-13-7-4-8-14-20,21-15-9-5-10-16-21)22-17-11-6-12-18-22/h4-18,23,25,28H,19H2,1H3,(H,27,29). The van der Waals surface area contributed by atoms with Crippen molar-refractivity contribution < 1.29 is 4.79 Å². The van der Waals surface area contributed by atoms with E-state index in [1.807, 2.05) is 61.5 Å². The first-order valence-corrected chi connectivity index (χ1v) is 11.1. The molecule has 2 atom stereocenters. The summed E-state index contributed by atoms with van der Waals surface area (Å²) >= 11 is 1.66. The number of nitrogens with one attached hydrogen (secondary N) is 2. The van der Waals surface area contributed by atoms with Gasteiger partial charge < -0.3 is 5.32 Å². The lowest BCUT2D eigenvalue weighted by Crippen LogP contribution is -2.70. The fourth-order valence-electron chi connectivity index (χ4n) is 3.89. The smallest absolute Gasteiger partial charge is 0.241 e. The third-order valence-corrected chi connectivity index (χ3v) is 6.43. The van der Waals surface area contributed by atoms with Crippen LogP contribution in [0, 0.1) is 11.8 Å². The molecule has 3 nitrogen and oxygen atoms in total. The molecule has 30 heavy (non-hydrogen) atoms. The number of carbonyl (C=O) groups is 1. The van der Waals surface area contributed by atoms with Gasteiger partial charge in [-0.25, -0.2) is 0 Å². The van der Waals surface area contributed by atoms with Gasteiger partial charge in [-0.3, -0.25) is 10.1 Å². The van der Waals surface area contributed by atoms with Crippen LogP contribution < -0.4 is 10.6 Å². The summed E-state index contributed by atoms with van der Waals surface area (Å²) in [4.78, 5) is 12.6. The summed E-state index contributed by atoms with van der Waals surface area (Å²) < 4.78 is 0. The van der Waals surface area contributed by atoms with Crippen LogP contribution in [0.3, 0.4) is 0 Å². The molecule has 0 spiro atoms. The Morgan fingerprint density at radius 2 is 1.33 bits per heavy atom. The first-order valence-electron chi connectivity index (χ1n) is 10.0. The fourth-order valence-corrected chi connectivity index (χ4v) is 4.88. The van der Waals surface area contributed by atoms with E-state index in [2.05, 4.69) is 58.9 Å². The lowest BCUT2D eigenvalue weighted by molar-refractivity contribution is -0.129. The zero-order valence-electron chi connectivity index (χ0n) is 16.8. The molecule has 0 bridgehead atoms. The molecule has 4 heteroatoms. The molecule has 1 aliphatic rings. The monoisotopic (exact) mass is 412 g/mol. The molecule has 1 heterocycles. The molecule has 0 radical (unpaired) electrons. The Kier molecular flexibility index (Phi) is 6.23. The molecule has 150 valence electrons. The van der Waals surface area contributed by atoms with Crippen LogP contribution in [0.1, 0.15) is 23.6 Å². The molecule has 1 fully saturated rings. The quantitative estimate of drug-likeness (QED) is 0.348. The number of hydrogen-bond donors (Lipinski definition) is 2. The lowest BCUT2D eigenvalue weighted by Gasteiger charge is -2.45. The Morgan fingerprint density at radius 3 is 1.73 bits per heavy atom. The highest BCUT2D eigenvalue weighted by Gasteiger charge is 2.47. The molecule has 0 saturated carbocycles. The highest BCUT2D eigenvalue weighted by atomic mass is 32.2. The Labute approximate surface area is 182 Å². The van der Waals surface area contributed by atoms with Gasteiger partial charge in [-0.15, -0.1) is 17.7 Å². The van der Waals surface area contributed by atoms with Gasteiger partial charge >= 0.3 is 0 Å². The van der Waals surface area contributed by atoms with Crippen molar-refractivity contribution in [1.29, 1.82) is 0 Å². The number of rotatable bonds is 7. The number of hydrogen-bond acceptors (Lipinski definition) is 3. The number of benzene rings is 3. The van der Waals surface area contributed by atoms with E-state index in [1.54, 1.807) is 11.8 Å². The second-order valence-electron chi connectivity index (χ2n) is 7.14. The van der Waals surface area contributed by atoms with Crippen molar-refractivity contribution in [2.24, 2.45) is 0 Å². The molecule has 4 rings (SSSR count). The highest BCUT2D eigenvalue weighted by Crippen LogP contribution is 2.38. The highest BCUT2D eigenvalue weighted by molar-refractivity contribution is 8.00. The van der Waals surface area contributed by atoms with Crippen LogP contribution in [0.2, 0.25) is 0 Å². The van der Waals surface area contributed by atoms with Crippen LogP contribution in [-0.4, -0.2) is 23.1 Å². The fraction of sp³-hybridized carbons (Fsp3) is 0.192. The minimum absolute atomic E-state index is 0.0177. The van der Waals surface area contributed by atoms with Gasteiger partial charge in [-0.1, -0.05) is 96.9 Å². The van der Waals surface area contributed by atoms with Gasteiger partial charge in [0.25, 0.3) is 0 Å². The molecule has 1 amide bonds. The predicted octanol–water partition coefficient (Wildman–Crippen LogP) is 4.15. The van der Waals surface area contributed by atoms with Crippen LogP contribution >= 0.6 is 11.8 Å². The molecule has 2 unspecified atom stereocenters. The van der Waals surface area contributed by atoms with Gasteiger partial charge in [0.05, 0.1) is 11.3 Å². The van der Waals surface area contributed by atoms with Crippen molar-refractivity contribution in [3.63, 3.8) is 0 Å². The summed E-state index contributed by atoms with van der Waals surface area (Å²) in [6.07, 6.45) is 0. The van der Waals surface area contributed by atoms with Crippen LogP contribution in [0.4, 0.5) is 0 Å². The maximum absolute atomic E-state index is 12.6. The average molecular weight is 413 g/mol. The minimum Gasteiger partial charge on any atom is -0.341 e. The van der Waals surface area contributed by atoms with Crippen molar-refractivity contribution in [3.8, 4) is 11.8 Å². The minimum atomic E-state index is -0.651. The van der Waals surface area contributed by atoms with E-state index in [4.69, 9.17) is 0 Å². The maximum atomic E-state index is 12.6. The zero-order valence-corrected chi connectivity index (χ0v) is 17.7. The second kappa shape index (κ2) is 9.21. The summed E-state index contributed by atoms with van der Waals surface area (Å²) in [5, 5.41) is 6.76. The Balaban J connectivity index is 1.83. The van der Waals surface area contributed by atoms with Gasteiger partial charge in [0.2, 0.25) is 5.91 Å². The van der Waals surface area contributed by atoms with Crippen LogP contribution in [0.15, 0.2) is 91.0 Å². The largest absolute Gasteiger partial charge is 0.341 e. The first kappa shape index (κ1) is 20.3. The molecular formula is C26H24N2OS. The number of carbonyl (C=O) groups excluding carboxylic acids is 1. The van der Waals surface area contributed by atoms with E-state index in [0.717, 1.165) is 16.7 Å². The molecular weight excluding hydrogens is 388 g/mol. The third-order valence-electron chi connectivity index (χ3n) is 5.37. The van der Waals surface area contributed by atoms with E-state index in [0.29, 0.717) is 5.75 Å². The SMILES string of the molecule is CC#CCSC1NC(=O)C1NC(c1ccccc1)(c1ccccc1)c1ccccc1. The summed E-state index contributed by atoms with van der Waals surface area (Å²) in [6, 6.07) is 30.7. The van der Waals surface area contributed by atoms with E-state index >= 15 is 0 Å². The molecule has 0 aromatic heterocycles. The molecule has 2 N–H and O–H groups in total. The van der Waals surface area contributed by atoms with Crippen molar-refractivity contribution in [2.45, 2.75) is 23.9 Å². The van der Waals surface area contributed by atoms with Crippen molar-refractivity contribution in [3.05, 3.63) is 108 Å². The average Bonchev–Trinajstić information content (AvgIpc) is 2.81. The van der Waals surface area contributed by atoms with Crippen LogP contribution in [0.25, 0.3) is 0 Å². The Morgan fingerprint density at radius 1 is 0.867 bits per heavy atom. The molecule has 0 aliphatic carbocycles. The van der Waals surface area contributed by atoms with Gasteiger partial charge in [-0.2, -0.15) is 0 Å². The lowest BCUT2D eigenvalue weighted by atomic mass is 9.76. The van der Waals surface area contributed by atoms with Crippen LogP contribution in [0.5, 0.6) is 0 Å². The third kappa shape index (κ3) is 3.87. The summed E-state index contributed by atoms with van der Waals surface area (Å²) in [6.45, 7) is 1.83. The zero-order chi connectivity index (χ0) is 20.8. The van der Waals surface area contributed by atoms with Gasteiger partial charge in [0.1, 0.15) is 11.4 Å². The second-order valence-corrected chi connectivity index (χ2v) is 8.27. The van der Waals surface area contributed by atoms with Crippen molar-refractivity contribution in [1.82, 2.24) is 10.6 Å². The van der Waals surface area contributed by atoms with Crippen molar-refractivity contribution >= 4 is 17.7 Å². The van der Waals surface area contributed by atoms with E-state index in [1.165, 1.54) is 0 Å². The van der Waals surface area contributed by atoms with E-state index in [9.17, 15) is 4.79 Å². The molecule has 3 aromatic carbocycles. The maximum Gasteiger partial charge on any atom is 0.241 e. The van der Waals surface area contributed by atoms with Crippen molar-refractivity contribution in [2.75, 3.05) is 5.75 Å². The summed E-state index contributed by atoms with van der Waals surface area (Å²) in [5.41, 5.74) is 2.64. The Hall–Kier alpha value is -3.00. The van der Waals surface area contributed by atoms with Crippen LogP contribution in [-0.2, 0) is 10.3 Å². The van der Waals surface area contributed by atoms with Gasteiger partial charge in [0, 0.05) is 0 Å². The number of β-lactam (4-membered cyclic amide) rings is 1.